The van der Waals surface area contributed by atoms with Gasteiger partial charge < -0.3 is 0 Å². The van der Waals surface area contributed by atoms with Gasteiger partial charge in [0, 0.05) is 6.42 Å². The molecule has 1 amide bonds. The van der Waals surface area contributed by atoms with Gasteiger partial charge in [-0.05, 0) is 6.42 Å². The molecule has 1 rings (SSSR count). The molecule has 0 aliphatic heterocycles. The van der Waals surface area contributed by atoms with E-state index >= 15 is 0 Å². The standard InChI is InChI=1S/C14H11F12NO7S2/c1-2-3-4-5(28)27-36(33,34)14(25,26)12(21,22)13(23,24)35(31,32)6-7(29)9(15,16)11(19,20)10(17,18)8(6)30/h6H,2-4H2,1H3,(H,27,28). The largest absolute Gasteiger partial charge is 0.433 e. The number of hydrogen-bond acceptors (Lipinski definition) is 7. The molecule has 1 saturated carbocycles. The number of amides is 1. The van der Waals surface area contributed by atoms with E-state index in [9.17, 15) is 83.9 Å². The minimum Gasteiger partial charge on any atom is -0.291 e. The number of unbranched alkanes of at least 4 members (excludes halogenated alkanes) is 1. The lowest BCUT2D eigenvalue weighted by atomic mass is 9.86. The number of sulfonamides is 1. The highest BCUT2D eigenvalue weighted by atomic mass is 32.2. The lowest BCUT2D eigenvalue weighted by molar-refractivity contribution is -0.293. The zero-order valence-corrected chi connectivity index (χ0v) is 18.5. The minimum absolute atomic E-state index is 0.0775. The third-order valence-electron chi connectivity index (χ3n) is 4.63. The number of rotatable bonds is 9. The molecule has 0 radical (unpaired) electrons. The highest BCUT2D eigenvalue weighted by molar-refractivity contribution is 7.95. The Morgan fingerprint density at radius 1 is 0.833 bits per heavy atom. The van der Waals surface area contributed by atoms with Gasteiger partial charge in [0.2, 0.25) is 27.3 Å². The lowest BCUT2D eigenvalue weighted by Crippen LogP contribution is -2.74. The molecule has 1 fully saturated rings. The van der Waals surface area contributed by atoms with E-state index in [4.69, 9.17) is 0 Å². The first kappa shape index (κ1) is 31.9. The summed E-state index contributed by atoms with van der Waals surface area (Å²) < 4.78 is 211. The number of alkyl halides is 12. The molecule has 0 spiro atoms. The second-order valence-corrected chi connectivity index (χ2v) is 10.9. The van der Waals surface area contributed by atoms with Crippen LogP contribution >= 0.6 is 0 Å². The SMILES string of the molecule is CCCCC(=O)NS(=O)(=O)C(F)(F)C(F)(F)C(F)(F)S(=O)(=O)C1C(=O)C(F)(F)C(F)(F)C(F)(F)C1=O. The van der Waals surface area contributed by atoms with Gasteiger partial charge in [-0.3, -0.25) is 14.4 Å². The van der Waals surface area contributed by atoms with Gasteiger partial charge in [-0.1, -0.05) is 13.3 Å². The third-order valence-corrected chi connectivity index (χ3v) is 8.07. The fraction of sp³-hybridized carbons (Fsp3) is 0.786. The van der Waals surface area contributed by atoms with Crippen molar-refractivity contribution in [3.8, 4) is 0 Å². The van der Waals surface area contributed by atoms with E-state index in [-0.39, 0.29) is 17.6 Å². The summed E-state index contributed by atoms with van der Waals surface area (Å²) in [6.45, 7) is 1.35. The Morgan fingerprint density at radius 3 is 1.58 bits per heavy atom. The van der Waals surface area contributed by atoms with Gasteiger partial charge in [0.05, 0.1) is 0 Å². The maximum Gasteiger partial charge on any atom is 0.433 e. The Bertz CT molecular complexity index is 1130. The molecule has 36 heavy (non-hydrogen) atoms. The predicted molar refractivity (Wildman–Crippen MR) is 89.0 cm³/mol. The summed E-state index contributed by atoms with van der Waals surface area (Å²) in [5.41, 5.74) is 0. The lowest BCUT2D eigenvalue weighted by Gasteiger charge is -2.39. The molecule has 0 aromatic rings. The zero-order valence-electron chi connectivity index (χ0n) is 16.9. The van der Waals surface area contributed by atoms with Crippen LogP contribution in [0.5, 0.6) is 0 Å². The van der Waals surface area contributed by atoms with Crippen molar-refractivity contribution in [2.45, 2.75) is 65.6 Å². The van der Waals surface area contributed by atoms with Crippen LogP contribution in [-0.4, -0.2) is 73.8 Å². The molecular weight excluding hydrogens is 586 g/mol. The summed E-state index contributed by atoms with van der Waals surface area (Å²) in [4.78, 5) is 34.0. The van der Waals surface area contributed by atoms with Crippen molar-refractivity contribution in [2.24, 2.45) is 0 Å². The minimum atomic E-state index is -8.43. The predicted octanol–water partition coefficient (Wildman–Crippen LogP) is 2.28. The molecule has 210 valence electrons. The van der Waals surface area contributed by atoms with E-state index in [1.807, 2.05) is 0 Å². The average Bonchev–Trinajstić information content (AvgIpc) is 2.69. The Balaban J connectivity index is 3.71. The molecule has 0 aromatic carbocycles. The normalized spacial score (nSPS) is 21.4. The van der Waals surface area contributed by atoms with Gasteiger partial charge in [0.1, 0.15) is 0 Å². The van der Waals surface area contributed by atoms with Gasteiger partial charge in [-0.15, -0.1) is 0 Å². The molecule has 1 aliphatic rings. The number of carbonyl (C=O) groups is 3. The maximum absolute atomic E-state index is 14.2. The number of sulfone groups is 1. The molecule has 1 N–H and O–H groups in total. The number of nitrogens with one attached hydrogen (secondary N) is 1. The summed E-state index contributed by atoms with van der Waals surface area (Å²) in [5, 5.41) is -20.7. The van der Waals surface area contributed by atoms with Gasteiger partial charge in [0.15, 0.2) is 5.25 Å². The summed E-state index contributed by atoms with van der Waals surface area (Å²) in [6.07, 6.45) is -1.17. The quantitative estimate of drug-likeness (QED) is 0.319. The van der Waals surface area contributed by atoms with E-state index in [0.29, 0.717) is 0 Å². The van der Waals surface area contributed by atoms with E-state index < -0.39 is 83.2 Å². The number of halogens is 12. The van der Waals surface area contributed by atoms with Crippen LogP contribution in [0.1, 0.15) is 26.2 Å². The van der Waals surface area contributed by atoms with Crippen molar-refractivity contribution in [1.29, 1.82) is 0 Å². The van der Waals surface area contributed by atoms with Gasteiger partial charge in [0.25, 0.3) is 0 Å². The van der Waals surface area contributed by atoms with Crippen LogP contribution in [0.15, 0.2) is 0 Å². The van der Waals surface area contributed by atoms with Crippen LogP contribution in [-0.2, 0) is 34.2 Å². The van der Waals surface area contributed by atoms with Crippen molar-refractivity contribution in [1.82, 2.24) is 4.72 Å². The van der Waals surface area contributed by atoms with Crippen molar-refractivity contribution < 1.29 is 83.9 Å². The zero-order chi connectivity index (χ0) is 29.1. The molecule has 0 bridgehead atoms. The van der Waals surface area contributed by atoms with Crippen LogP contribution in [0, 0.1) is 0 Å². The topological polar surface area (TPSA) is 132 Å². The van der Waals surface area contributed by atoms with E-state index in [1.54, 1.807) is 0 Å². The van der Waals surface area contributed by atoms with Crippen LogP contribution in [0.25, 0.3) is 0 Å². The molecule has 0 unspecified atom stereocenters. The number of hydrogen-bond donors (Lipinski definition) is 1. The molecule has 0 aromatic heterocycles. The molecule has 1 aliphatic carbocycles. The van der Waals surface area contributed by atoms with Crippen LogP contribution < -0.4 is 4.72 Å². The Hall–Kier alpha value is -2.13. The van der Waals surface area contributed by atoms with Crippen molar-refractivity contribution in [3.05, 3.63) is 0 Å². The average molecular weight is 597 g/mol. The molecule has 0 heterocycles. The van der Waals surface area contributed by atoms with Crippen LogP contribution in [0.3, 0.4) is 0 Å². The van der Waals surface area contributed by atoms with Gasteiger partial charge in [-0.2, -0.15) is 61.1 Å². The van der Waals surface area contributed by atoms with Crippen molar-refractivity contribution in [3.63, 3.8) is 0 Å². The second-order valence-electron chi connectivity index (χ2n) is 7.12. The van der Waals surface area contributed by atoms with Crippen LogP contribution in [0.2, 0.25) is 0 Å². The summed E-state index contributed by atoms with van der Waals surface area (Å²) in [7, 11) is -15.8. The maximum atomic E-state index is 14.2. The number of Topliss-reactive ketones (excluding diaryl/α,β-unsaturated/α-hetero) is 2. The summed E-state index contributed by atoms with van der Waals surface area (Å²) in [5.74, 6) is -39.6. The highest BCUT2D eigenvalue weighted by Gasteiger charge is 2.89. The number of carbonyl (C=O) groups excluding carboxylic acids is 3. The third kappa shape index (κ3) is 4.02. The Kier molecular flexibility index (Phi) is 7.73. The van der Waals surface area contributed by atoms with E-state index in [1.165, 1.54) is 6.92 Å². The molecule has 22 heteroatoms. The molecule has 8 nitrogen and oxygen atoms in total. The Labute approximate surface area is 192 Å². The smallest absolute Gasteiger partial charge is 0.291 e. The first-order valence-corrected chi connectivity index (χ1v) is 11.8. The first-order chi connectivity index (χ1) is 15.6. The van der Waals surface area contributed by atoms with Gasteiger partial charge >= 0.3 is 44.2 Å². The van der Waals surface area contributed by atoms with Crippen LogP contribution in [0.4, 0.5) is 52.7 Å². The van der Waals surface area contributed by atoms with Gasteiger partial charge in [-0.25, -0.2) is 13.1 Å². The van der Waals surface area contributed by atoms with Crippen molar-refractivity contribution >= 4 is 37.3 Å². The first-order valence-electron chi connectivity index (χ1n) is 8.78. The molecular formula is C14H11F12NO7S2. The highest BCUT2D eigenvalue weighted by Crippen LogP contribution is 2.56. The molecule has 0 saturated heterocycles. The van der Waals surface area contributed by atoms with E-state index in [0.717, 1.165) is 0 Å². The fourth-order valence-electron chi connectivity index (χ4n) is 2.50. The van der Waals surface area contributed by atoms with Crippen molar-refractivity contribution in [2.75, 3.05) is 0 Å². The second kappa shape index (κ2) is 8.72. The van der Waals surface area contributed by atoms with E-state index in [2.05, 4.69) is 0 Å². The fourth-order valence-corrected chi connectivity index (χ4v) is 5.21. The monoisotopic (exact) mass is 597 g/mol. The summed E-state index contributed by atoms with van der Waals surface area (Å²) >= 11 is 0. The number of ketones is 2. The molecule has 0 atom stereocenters. The summed E-state index contributed by atoms with van der Waals surface area (Å²) in [6, 6.07) is 0. The Morgan fingerprint density at radius 2 is 1.22 bits per heavy atom.